The molecule has 0 radical (unpaired) electrons. The van der Waals surface area contributed by atoms with Gasteiger partial charge in [-0.05, 0) is 50.6 Å². The summed E-state index contributed by atoms with van der Waals surface area (Å²) < 4.78 is 0. The molecule has 0 bridgehead atoms. The van der Waals surface area contributed by atoms with E-state index >= 15 is 0 Å². The number of piperidine rings is 1. The number of rotatable bonds is 2. The van der Waals surface area contributed by atoms with Crippen molar-refractivity contribution in [2.24, 2.45) is 5.92 Å². The van der Waals surface area contributed by atoms with E-state index in [4.69, 9.17) is 0 Å². The lowest BCUT2D eigenvalue weighted by atomic mass is 9.92. The first-order valence-corrected chi connectivity index (χ1v) is 6.84. The third kappa shape index (κ3) is 2.63. The predicted octanol–water partition coefficient (Wildman–Crippen LogP) is 2.49. The molecule has 1 aliphatic rings. The number of aromatic amines is 1. The van der Waals surface area contributed by atoms with Crippen LogP contribution in [0.25, 0.3) is 10.9 Å². The Bertz CT molecular complexity index is 590. The van der Waals surface area contributed by atoms with E-state index in [1.54, 1.807) is 0 Å². The zero-order valence-electron chi connectivity index (χ0n) is 11.1. The number of nitrogens with one attached hydrogen (secondary N) is 3. The molecule has 100 valence electrons. The van der Waals surface area contributed by atoms with E-state index in [2.05, 4.69) is 22.5 Å². The minimum atomic E-state index is 0.123. The van der Waals surface area contributed by atoms with Gasteiger partial charge in [0.25, 0.3) is 0 Å². The standard InChI is InChI=1S/C15H19N3O/c1-10-8-12(5-6-16-10)15(19)18-13-2-3-14-11(9-13)4-7-17-14/h2-4,7,9-10,12,16-17H,5-6,8H2,1H3,(H,18,19)/t10-,12-/m0/s1. The van der Waals surface area contributed by atoms with Crippen LogP contribution in [0, 0.1) is 5.92 Å². The number of hydrogen-bond acceptors (Lipinski definition) is 2. The highest BCUT2D eigenvalue weighted by Gasteiger charge is 2.24. The number of H-pyrrole nitrogens is 1. The highest BCUT2D eigenvalue weighted by molar-refractivity contribution is 5.95. The molecule has 4 nitrogen and oxygen atoms in total. The fourth-order valence-corrected chi connectivity index (χ4v) is 2.75. The van der Waals surface area contributed by atoms with E-state index in [0.717, 1.165) is 36.0 Å². The van der Waals surface area contributed by atoms with Crippen molar-refractivity contribution in [2.45, 2.75) is 25.8 Å². The molecular formula is C15H19N3O. The minimum Gasteiger partial charge on any atom is -0.361 e. The molecule has 1 amide bonds. The van der Waals surface area contributed by atoms with Crippen molar-refractivity contribution in [1.29, 1.82) is 0 Å². The molecule has 3 N–H and O–H groups in total. The van der Waals surface area contributed by atoms with Crippen molar-refractivity contribution in [3.05, 3.63) is 30.5 Å². The number of fused-ring (bicyclic) bond motifs is 1. The van der Waals surface area contributed by atoms with Gasteiger partial charge in [-0.25, -0.2) is 0 Å². The number of benzene rings is 1. The van der Waals surface area contributed by atoms with Crippen molar-refractivity contribution >= 4 is 22.5 Å². The molecule has 2 atom stereocenters. The van der Waals surface area contributed by atoms with Crippen LogP contribution in [-0.2, 0) is 4.79 Å². The van der Waals surface area contributed by atoms with Crippen molar-refractivity contribution in [3.8, 4) is 0 Å². The van der Waals surface area contributed by atoms with Gasteiger partial charge >= 0.3 is 0 Å². The Morgan fingerprint density at radius 2 is 2.26 bits per heavy atom. The van der Waals surface area contributed by atoms with E-state index in [-0.39, 0.29) is 11.8 Å². The first-order chi connectivity index (χ1) is 9.22. The lowest BCUT2D eigenvalue weighted by Gasteiger charge is -2.27. The second-order valence-electron chi connectivity index (χ2n) is 5.35. The molecule has 2 heterocycles. The molecule has 3 rings (SSSR count). The number of anilines is 1. The lowest BCUT2D eigenvalue weighted by Crippen LogP contribution is -2.40. The first-order valence-electron chi connectivity index (χ1n) is 6.84. The van der Waals surface area contributed by atoms with Gasteiger partial charge in [-0.1, -0.05) is 0 Å². The first kappa shape index (κ1) is 12.2. The Labute approximate surface area is 112 Å². The van der Waals surface area contributed by atoms with Crippen LogP contribution in [0.3, 0.4) is 0 Å². The van der Waals surface area contributed by atoms with Crippen LogP contribution in [-0.4, -0.2) is 23.5 Å². The van der Waals surface area contributed by atoms with Gasteiger partial charge in [0, 0.05) is 34.7 Å². The molecule has 0 aliphatic carbocycles. The Hall–Kier alpha value is -1.81. The van der Waals surface area contributed by atoms with Crippen LogP contribution in [0.15, 0.2) is 30.5 Å². The van der Waals surface area contributed by atoms with Gasteiger partial charge in [0.15, 0.2) is 0 Å². The zero-order valence-corrected chi connectivity index (χ0v) is 11.1. The number of carbonyl (C=O) groups is 1. The molecule has 0 unspecified atom stereocenters. The topological polar surface area (TPSA) is 56.9 Å². The number of hydrogen-bond donors (Lipinski definition) is 3. The van der Waals surface area contributed by atoms with Crippen molar-refractivity contribution in [3.63, 3.8) is 0 Å². The highest BCUT2D eigenvalue weighted by atomic mass is 16.1. The molecule has 1 aromatic carbocycles. The van der Waals surface area contributed by atoms with Gasteiger partial charge in [0.1, 0.15) is 0 Å². The molecule has 0 spiro atoms. The molecular weight excluding hydrogens is 238 g/mol. The van der Waals surface area contributed by atoms with Crippen molar-refractivity contribution in [2.75, 3.05) is 11.9 Å². The third-order valence-electron chi connectivity index (χ3n) is 3.82. The monoisotopic (exact) mass is 257 g/mol. The SMILES string of the molecule is C[C@H]1C[C@@H](C(=O)Nc2ccc3[nH]ccc3c2)CCN1. The average molecular weight is 257 g/mol. The maximum absolute atomic E-state index is 12.2. The van der Waals surface area contributed by atoms with E-state index < -0.39 is 0 Å². The fourth-order valence-electron chi connectivity index (χ4n) is 2.75. The van der Waals surface area contributed by atoms with Crippen LogP contribution in [0.2, 0.25) is 0 Å². The Morgan fingerprint density at radius 1 is 1.37 bits per heavy atom. The van der Waals surface area contributed by atoms with Crippen LogP contribution < -0.4 is 10.6 Å². The maximum atomic E-state index is 12.2. The fraction of sp³-hybridized carbons (Fsp3) is 0.400. The second kappa shape index (κ2) is 5.05. The van der Waals surface area contributed by atoms with Gasteiger partial charge in [-0.15, -0.1) is 0 Å². The Balaban J connectivity index is 1.71. The summed E-state index contributed by atoms with van der Waals surface area (Å²) in [6.07, 6.45) is 3.74. The smallest absolute Gasteiger partial charge is 0.227 e. The number of carbonyl (C=O) groups excluding carboxylic acids is 1. The molecule has 1 aromatic heterocycles. The molecule has 1 saturated heterocycles. The normalized spacial score (nSPS) is 23.4. The maximum Gasteiger partial charge on any atom is 0.227 e. The van der Waals surface area contributed by atoms with Crippen molar-refractivity contribution in [1.82, 2.24) is 10.3 Å². The third-order valence-corrected chi connectivity index (χ3v) is 3.82. The lowest BCUT2D eigenvalue weighted by molar-refractivity contribution is -0.120. The van der Waals surface area contributed by atoms with Crippen LogP contribution >= 0.6 is 0 Å². The van der Waals surface area contributed by atoms with Gasteiger partial charge < -0.3 is 15.6 Å². The van der Waals surface area contributed by atoms with Gasteiger partial charge in [0.05, 0.1) is 0 Å². The summed E-state index contributed by atoms with van der Waals surface area (Å²) in [6.45, 7) is 3.06. The average Bonchev–Trinajstić information content (AvgIpc) is 2.86. The largest absolute Gasteiger partial charge is 0.361 e. The molecule has 2 aromatic rings. The Morgan fingerprint density at radius 3 is 3.11 bits per heavy atom. The van der Waals surface area contributed by atoms with Crippen LogP contribution in [0.4, 0.5) is 5.69 Å². The van der Waals surface area contributed by atoms with E-state index in [1.165, 1.54) is 0 Å². The van der Waals surface area contributed by atoms with Gasteiger partial charge in [-0.2, -0.15) is 0 Å². The molecule has 1 fully saturated rings. The molecule has 0 saturated carbocycles. The van der Waals surface area contributed by atoms with Crippen LogP contribution in [0.1, 0.15) is 19.8 Å². The van der Waals surface area contributed by atoms with Gasteiger partial charge in [0.2, 0.25) is 5.91 Å². The number of amides is 1. The van der Waals surface area contributed by atoms with Crippen LogP contribution in [0.5, 0.6) is 0 Å². The van der Waals surface area contributed by atoms with E-state index in [0.29, 0.717) is 6.04 Å². The zero-order chi connectivity index (χ0) is 13.2. The molecule has 4 heteroatoms. The summed E-state index contributed by atoms with van der Waals surface area (Å²) in [4.78, 5) is 15.4. The second-order valence-corrected chi connectivity index (χ2v) is 5.35. The minimum absolute atomic E-state index is 0.123. The molecule has 1 aliphatic heterocycles. The van der Waals surface area contributed by atoms with Crippen molar-refractivity contribution < 1.29 is 4.79 Å². The Kier molecular flexibility index (Phi) is 3.25. The summed E-state index contributed by atoms with van der Waals surface area (Å²) in [7, 11) is 0. The summed E-state index contributed by atoms with van der Waals surface area (Å²) in [5, 5.41) is 7.52. The van der Waals surface area contributed by atoms with E-state index in [9.17, 15) is 4.79 Å². The summed E-state index contributed by atoms with van der Waals surface area (Å²) in [6, 6.07) is 8.39. The summed E-state index contributed by atoms with van der Waals surface area (Å²) in [5.41, 5.74) is 1.97. The summed E-state index contributed by atoms with van der Waals surface area (Å²) in [5.74, 6) is 0.265. The number of aromatic nitrogens is 1. The predicted molar refractivity (Wildman–Crippen MR) is 77.1 cm³/mol. The highest BCUT2D eigenvalue weighted by Crippen LogP contribution is 2.21. The van der Waals surface area contributed by atoms with E-state index in [1.807, 2.05) is 30.5 Å². The van der Waals surface area contributed by atoms with Gasteiger partial charge in [-0.3, -0.25) is 4.79 Å². The molecule has 19 heavy (non-hydrogen) atoms. The summed E-state index contributed by atoms with van der Waals surface area (Å²) >= 11 is 0. The quantitative estimate of drug-likeness (QED) is 0.774.